The van der Waals surface area contributed by atoms with E-state index in [1.807, 2.05) is 6.08 Å². The number of carbonyl (C=O) groups excluding carboxylic acids is 1. The number of unbranched alkanes of at least 4 members (excludes halogenated alkanes) is 7. The summed E-state index contributed by atoms with van der Waals surface area (Å²) in [7, 11) is 1.54. The summed E-state index contributed by atoms with van der Waals surface area (Å²) in [5.74, 6) is -1.10. The first-order chi connectivity index (χ1) is 11.6. The maximum atomic E-state index is 11.2. The van der Waals surface area contributed by atoms with Gasteiger partial charge in [-0.1, -0.05) is 57.6 Å². The zero-order valence-electron chi connectivity index (χ0n) is 15.2. The first kappa shape index (κ1) is 22.2. The molecule has 0 aliphatic heterocycles. The van der Waals surface area contributed by atoms with E-state index in [0.717, 1.165) is 6.42 Å². The molecule has 138 valence electrons. The van der Waals surface area contributed by atoms with Gasteiger partial charge in [-0.25, -0.2) is 4.79 Å². The van der Waals surface area contributed by atoms with Gasteiger partial charge in [0.25, 0.3) is 0 Å². The number of hydrogen-bond acceptors (Lipinski definition) is 3. The van der Waals surface area contributed by atoms with Gasteiger partial charge < -0.3 is 15.7 Å². The first-order valence-corrected chi connectivity index (χ1v) is 9.13. The Labute approximate surface area is 146 Å². The van der Waals surface area contributed by atoms with Gasteiger partial charge in [0.05, 0.1) is 0 Å². The Morgan fingerprint density at radius 2 is 1.71 bits per heavy atom. The van der Waals surface area contributed by atoms with Crippen LogP contribution in [0.5, 0.6) is 0 Å². The Morgan fingerprint density at radius 3 is 2.33 bits per heavy atom. The molecule has 0 saturated heterocycles. The van der Waals surface area contributed by atoms with Crippen LogP contribution in [0.15, 0.2) is 24.4 Å². The average molecular weight is 338 g/mol. The summed E-state index contributed by atoms with van der Waals surface area (Å²) < 4.78 is 0. The Hall–Kier alpha value is -1.78. The molecule has 0 rings (SSSR count). The summed E-state index contributed by atoms with van der Waals surface area (Å²) in [6, 6.07) is -0.741. The number of amides is 1. The van der Waals surface area contributed by atoms with E-state index in [0.29, 0.717) is 0 Å². The summed E-state index contributed by atoms with van der Waals surface area (Å²) in [4.78, 5) is 22.2. The summed E-state index contributed by atoms with van der Waals surface area (Å²) in [6.45, 7) is 2.23. The third-order valence-corrected chi connectivity index (χ3v) is 3.85. The lowest BCUT2D eigenvalue weighted by Gasteiger charge is -2.11. The van der Waals surface area contributed by atoms with Crippen molar-refractivity contribution in [2.75, 3.05) is 7.05 Å². The number of nitrogens with one attached hydrogen (secondary N) is 2. The van der Waals surface area contributed by atoms with E-state index < -0.39 is 12.0 Å². The number of rotatable bonds is 15. The van der Waals surface area contributed by atoms with Crippen molar-refractivity contribution in [2.24, 2.45) is 0 Å². The molecule has 0 spiro atoms. The highest BCUT2D eigenvalue weighted by Crippen LogP contribution is 2.08. The lowest BCUT2D eigenvalue weighted by atomic mass is 10.1. The van der Waals surface area contributed by atoms with E-state index in [-0.39, 0.29) is 18.7 Å². The maximum Gasteiger partial charge on any atom is 0.326 e. The molecule has 0 radical (unpaired) electrons. The Kier molecular flexibility index (Phi) is 14.9. The number of aliphatic carboxylic acids is 1. The van der Waals surface area contributed by atoms with E-state index in [4.69, 9.17) is 5.11 Å². The van der Waals surface area contributed by atoms with Gasteiger partial charge in [0.2, 0.25) is 5.91 Å². The van der Waals surface area contributed by atoms with Crippen LogP contribution in [0.2, 0.25) is 0 Å². The standard InChI is InChI=1S/C19H34N2O3/c1-3-4-5-6-7-8-9-10-11-12-13-16-21-17(19(23)24)14-15-18(22)20-2/h11-13,16-17,21H,3-10,14-15H2,1-2H3,(H,20,22)(H,23,24)/b12-11+,16-13+. The summed E-state index contributed by atoms with van der Waals surface area (Å²) in [5.41, 5.74) is 0. The number of carbonyl (C=O) groups is 2. The highest BCUT2D eigenvalue weighted by atomic mass is 16.4. The zero-order chi connectivity index (χ0) is 18.0. The smallest absolute Gasteiger partial charge is 0.326 e. The number of allylic oxidation sites excluding steroid dienone is 3. The fourth-order valence-electron chi connectivity index (χ4n) is 2.30. The van der Waals surface area contributed by atoms with Crippen LogP contribution in [-0.2, 0) is 9.59 Å². The third kappa shape index (κ3) is 13.9. The predicted octanol–water partition coefficient (Wildman–Crippen LogP) is 3.77. The van der Waals surface area contributed by atoms with E-state index >= 15 is 0 Å². The van der Waals surface area contributed by atoms with E-state index in [2.05, 4.69) is 23.6 Å². The molecule has 3 N–H and O–H groups in total. The monoisotopic (exact) mass is 338 g/mol. The molecular weight excluding hydrogens is 304 g/mol. The molecule has 1 unspecified atom stereocenters. The van der Waals surface area contributed by atoms with Crippen molar-refractivity contribution in [3.05, 3.63) is 24.4 Å². The molecule has 0 bridgehead atoms. The lowest BCUT2D eigenvalue weighted by Crippen LogP contribution is -2.34. The van der Waals surface area contributed by atoms with Crippen LogP contribution >= 0.6 is 0 Å². The van der Waals surface area contributed by atoms with Crippen LogP contribution in [0.3, 0.4) is 0 Å². The van der Waals surface area contributed by atoms with E-state index in [9.17, 15) is 9.59 Å². The maximum absolute atomic E-state index is 11.2. The second-order valence-electron chi connectivity index (χ2n) is 5.97. The summed E-state index contributed by atoms with van der Waals surface area (Å²) in [5, 5.41) is 14.4. The van der Waals surface area contributed by atoms with Crippen LogP contribution in [0, 0.1) is 0 Å². The van der Waals surface area contributed by atoms with Crippen molar-refractivity contribution in [3.63, 3.8) is 0 Å². The minimum absolute atomic E-state index is 0.151. The minimum Gasteiger partial charge on any atom is -0.480 e. The van der Waals surface area contributed by atoms with Crippen LogP contribution < -0.4 is 10.6 Å². The Morgan fingerprint density at radius 1 is 1.04 bits per heavy atom. The van der Waals surface area contributed by atoms with Gasteiger partial charge in [0, 0.05) is 13.5 Å². The molecule has 5 heteroatoms. The molecule has 1 atom stereocenters. The van der Waals surface area contributed by atoms with Gasteiger partial charge in [0.15, 0.2) is 0 Å². The molecule has 0 heterocycles. The lowest BCUT2D eigenvalue weighted by molar-refractivity contribution is -0.139. The van der Waals surface area contributed by atoms with E-state index in [1.165, 1.54) is 44.9 Å². The van der Waals surface area contributed by atoms with Gasteiger partial charge in [-0.05, 0) is 31.5 Å². The normalized spacial score (nSPS) is 12.6. The van der Waals surface area contributed by atoms with E-state index in [1.54, 1.807) is 19.3 Å². The highest BCUT2D eigenvalue weighted by molar-refractivity contribution is 5.78. The molecule has 0 aliphatic rings. The SMILES string of the molecule is CCCCCCCCC/C=C/C=C/NC(CCC(=O)NC)C(=O)O. The Bertz CT molecular complexity index is 392. The van der Waals surface area contributed by atoms with Gasteiger partial charge in [-0.15, -0.1) is 0 Å². The van der Waals surface area contributed by atoms with Crippen molar-refractivity contribution in [1.82, 2.24) is 10.6 Å². The average Bonchev–Trinajstić information content (AvgIpc) is 2.57. The van der Waals surface area contributed by atoms with Crippen LogP contribution in [-0.4, -0.2) is 30.1 Å². The van der Waals surface area contributed by atoms with Crippen LogP contribution in [0.1, 0.15) is 71.1 Å². The second-order valence-corrected chi connectivity index (χ2v) is 5.97. The van der Waals surface area contributed by atoms with Crippen molar-refractivity contribution in [2.45, 2.75) is 77.2 Å². The molecule has 0 aromatic rings. The van der Waals surface area contributed by atoms with Crippen molar-refractivity contribution < 1.29 is 14.7 Å². The molecule has 0 aromatic carbocycles. The molecule has 0 aliphatic carbocycles. The third-order valence-electron chi connectivity index (χ3n) is 3.85. The molecule has 0 saturated carbocycles. The van der Waals surface area contributed by atoms with Crippen LogP contribution in [0.25, 0.3) is 0 Å². The first-order valence-electron chi connectivity index (χ1n) is 9.13. The van der Waals surface area contributed by atoms with Gasteiger partial charge >= 0.3 is 5.97 Å². The predicted molar refractivity (Wildman–Crippen MR) is 98.8 cm³/mol. The molecule has 1 amide bonds. The molecule has 5 nitrogen and oxygen atoms in total. The van der Waals surface area contributed by atoms with Crippen LogP contribution in [0.4, 0.5) is 0 Å². The summed E-state index contributed by atoms with van der Waals surface area (Å²) >= 11 is 0. The van der Waals surface area contributed by atoms with Gasteiger partial charge in [-0.2, -0.15) is 0 Å². The van der Waals surface area contributed by atoms with Crippen molar-refractivity contribution in [3.8, 4) is 0 Å². The minimum atomic E-state index is -0.949. The highest BCUT2D eigenvalue weighted by Gasteiger charge is 2.16. The molecule has 0 fully saturated rings. The van der Waals surface area contributed by atoms with Gasteiger partial charge in [0.1, 0.15) is 6.04 Å². The van der Waals surface area contributed by atoms with Crippen molar-refractivity contribution in [1.29, 1.82) is 0 Å². The second kappa shape index (κ2) is 16.1. The number of carboxylic acid groups (broad SMARTS) is 1. The topological polar surface area (TPSA) is 78.4 Å². The quantitative estimate of drug-likeness (QED) is 0.314. The fourth-order valence-corrected chi connectivity index (χ4v) is 2.30. The van der Waals surface area contributed by atoms with Crippen molar-refractivity contribution >= 4 is 11.9 Å². The number of hydrogen-bond donors (Lipinski definition) is 3. The largest absolute Gasteiger partial charge is 0.480 e. The fraction of sp³-hybridized carbons (Fsp3) is 0.684. The summed E-state index contributed by atoms with van der Waals surface area (Å²) in [6.07, 6.45) is 18.1. The number of carboxylic acids is 1. The molecular formula is C19H34N2O3. The Balaban J connectivity index is 3.75. The van der Waals surface area contributed by atoms with Gasteiger partial charge in [-0.3, -0.25) is 4.79 Å². The molecule has 24 heavy (non-hydrogen) atoms. The zero-order valence-corrected chi connectivity index (χ0v) is 15.2. The molecule has 0 aromatic heterocycles.